The van der Waals surface area contributed by atoms with Crippen LogP contribution in [0, 0.1) is 0 Å². The van der Waals surface area contributed by atoms with E-state index in [1.165, 1.54) is 18.4 Å². The number of halogens is 1. The molecule has 0 aromatic carbocycles. The Kier molecular flexibility index (Phi) is 4.58. The van der Waals surface area contributed by atoms with Crippen molar-refractivity contribution in [1.29, 1.82) is 0 Å². The summed E-state index contributed by atoms with van der Waals surface area (Å²) in [7, 11) is 0. The van der Waals surface area contributed by atoms with Gasteiger partial charge in [-0.25, -0.2) is 4.98 Å². The van der Waals surface area contributed by atoms with E-state index >= 15 is 0 Å². The molecule has 2 aliphatic rings. The molecule has 1 saturated carbocycles. The summed E-state index contributed by atoms with van der Waals surface area (Å²) in [4.78, 5) is 7.10. The minimum absolute atomic E-state index is 0.442. The van der Waals surface area contributed by atoms with Crippen molar-refractivity contribution in [3.63, 3.8) is 0 Å². The highest BCUT2D eigenvalue weighted by Crippen LogP contribution is 2.27. The van der Waals surface area contributed by atoms with Gasteiger partial charge in [0.2, 0.25) is 0 Å². The van der Waals surface area contributed by atoms with Crippen LogP contribution >= 0.6 is 15.9 Å². The molecule has 3 rings (SSSR count). The molecule has 0 radical (unpaired) electrons. The van der Waals surface area contributed by atoms with E-state index in [4.69, 9.17) is 4.74 Å². The SMILES string of the molecule is CCC1COCCN1c1ncc(Br)cc1CNC1CC1. The fourth-order valence-electron chi connectivity index (χ4n) is 2.68. The molecule has 5 heteroatoms. The summed E-state index contributed by atoms with van der Waals surface area (Å²) in [6.07, 6.45) is 5.61. The molecular weight excluding hydrogens is 318 g/mol. The van der Waals surface area contributed by atoms with Gasteiger partial charge in [0.25, 0.3) is 0 Å². The molecule has 1 aliphatic heterocycles. The molecule has 4 nitrogen and oxygen atoms in total. The van der Waals surface area contributed by atoms with Crippen LogP contribution in [0.15, 0.2) is 16.7 Å². The lowest BCUT2D eigenvalue weighted by Crippen LogP contribution is -2.46. The van der Waals surface area contributed by atoms with E-state index < -0.39 is 0 Å². The lowest BCUT2D eigenvalue weighted by atomic mass is 10.1. The lowest BCUT2D eigenvalue weighted by Gasteiger charge is -2.37. The summed E-state index contributed by atoms with van der Waals surface area (Å²) < 4.78 is 6.65. The molecule has 110 valence electrons. The van der Waals surface area contributed by atoms with Gasteiger partial charge in [0, 0.05) is 35.4 Å². The molecule has 1 aromatic rings. The second-order valence-corrected chi connectivity index (χ2v) is 6.54. The van der Waals surface area contributed by atoms with Crippen LogP contribution in [0.2, 0.25) is 0 Å². The summed E-state index contributed by atoms with van der Waals surface area (Å²) in [5.74, 6) is 1.12. The van der Waals surface area contributed by atoms with Gasteiger partial charge in [-0.2, -0.15) is 0 Å². The van der Waals surface area contributed by atoms with Crippen LogP contribution < -0.4 is 10.2 Å². The van der Waals surface area contributed by atoms with Crippen molar-refractivity contribution in [3.8, 4) is 0 Å². The minimum atomic E-state index is 0.442. The smallest absolute Gasteiger partial charge is 0.133 e. The van der Waals surface area contributed by atoms with E-state index in [1.54, 1.807) is 0 Å². The molecule has 1 unspecified atom stereocenters. The molecule has 0 bridgehead atoms. The Balaban J connectivity index is 1.81. The predicted octanol–water partition coefficient (Wildman–Crippen LogP) is 2.71. The third kappa shape index (κ3) is 3.32. The summed E-state index contributed by atoms with van der Waals surface area (Å²) in [5.41, 5.74) is 1.28. The molecular formula is C15H22BrN3O. The first-order valence-electron chi connectivity index (χ1n) is 7.50. The maximum Gasteiger partial charge on any atom is 0.133 e. The van der Waals surface area contributed by atoms with Gasteiger partial charge in [0.1, 0.15) is 5.82 Å². The quantitative estimate of drug-likeness (QED) is 0.894. The van der Waals surface area contributed by atoms with Crippen LogP contribution in [0.3, 0.4) is 0 Å². The van der Waals surface area contributed by atoms with Crippen LogP contribution in [-0.2, 0) is 11.3 Å². The Morgan fingerprint density at radius 1 is 1.50 bits per heavy atom. The minimum Gasteiger partial charge on any atom is -0.377 e. The molecule has 1 aromatic heterocycles. The summed E-state index contributed by atoms with van der Waals surface area (Å²) in [6.45, 7) is 5.66. The monoisotopic (exact) mass is 339 g/mol. The Labute approximate surface area is 129 Å². The van der Waals surface area contributed by atoms with Crippen LogP contribution in [-0.4, -0.2) is 36.8 Å². The zero-order valence-electron chi connectivity index (χ0n) is 11.9. The van der Waals surface area contributed by atoms with Crippen molar-refractivity contribution in [2.75, 3.05) is 24.7 Å². The molecule has 20 heavy (non-hydrogen) atoms. The summed E-state index contributed by atoms with van der Waals surface area (Å²) in [5, 5.41) is 3.59. The zero-order valence-corrected chi connectivity index (χ0v) is 13.5. The predicted molar refractivity (Wildman–Crippen MR) is 84.0 cm³/mol. The first-order chi connectivity index (χ1) is 9.78. The van der Waals surface area contributed by atoms with Crippen molar-refractivity contribution in [2.24, 2.45) is 0 Å². The van der Waals surface area contributed by atoms with Crippen LogP contribution in [0.4, 0.5) is 5.82 Å². The van der Waals surface area contributed by atoms with Crippen molar-refractivity contribution < 1.29 is 4.74 Å². The Morgan fingerprint density at radius 2 is 2.35 bits per heavy atom. The van der Waals surface area contributed by atoms with Gasteiger partial charge in [0.15, 0.2) is 0 Å². The number of rotatable bonds is 5. The number of aromatic nitrogens is 1. The van der Waals surface area contributed by atoms with Gasteiger partial charge in [-0.3, -0.25) is 0 Å². The molecule has 1 saturated heterocycles. The largest absolute Gasteiger partial charge is 0.377 e. The Morgan fingerprint density at radius 3 is 3.10 bits per heavy atom. The normalized spacial score (nSPS) is 23.1. The van der Waals surface area contributed by atoms with E-state index in [9.17, 15) is 0 Å². The Bertz CT molecular complexity index is 464. The number of nitrogens with one attached hydrogen (secondary N) is 1. The van der Waals surface area contributed by atoms with E-state index in [2.05, 4.69) is 44.1 Å². The number of ether oxygens (including phenoxy) is 1. The molecule has 2 fully saturated rings. The summed E-state index contributed by atoms with van der Waals surface area (Å²) in [6, 6.07) is 3.35. The molecule has 2 heterocycles. The van der Waals surface area contributed by atoms with E-state index in [0.717, 1.165) is 43.0 Å². The van der Waals surface area contributed by atoms with Gasteiger partial charge in [-0.15, -0.1) is 0 Å². The number of hydrogen-bond donors (Lipinski definition) is 1. The maximum absolute atomic E-state index is 5.60. The fourth-order valence-corrected chi connectivity index (χ4v) is 3.06. The average molecular weight is 340 g/mol. The van der Waals surface area contributed by atoms with Crippen LogP contribution in [0.5, 0.6) is 0 Å². The molecule has 1 aliphatic carbocycles. The molecule has 1 atom stereocenters. The number of hydrogen-bond acceptors (Lipinski definition) is 4. The highest BCUT2D eigenvalue weighted by molar-refractivity contribution is 9.10. The van der Waals surface area contributed by atoms with Gasteiger partial charge in [-0.1, -0.05) is 6.92 Å². The lowest BCUT2D eigenvalue weighted by molar-refractivity contribution is 0.0924. The highest BCUT2D eigenvalue weighted by Gasteiger charge is 2.26. The van der Waals surface area contributed by atoms with Crippen molar-refractivity contribution in [1.82, 2.24) is 10.3 Å². The highest BCUT2D eigenvalue weighted by atomic mass is 79.9. The van der Waals surface area contributed by atoms with Gasteiger partial charge in [-0.05, 0) is 41.3 Å². The first kappa shape index (κ1) is 14.3. The van der Waals surface area contributed by atoms with E-state index in [1.807, 2.05) is 6.20 Å². The standard InChI is InChI=1S/C15H22BrN3O/c1-2-14-10-20-6-5-19(14)15-11(7-12(16)9-18-15)8-17-13-3-4-13/h7,9,13-14,17H,2-6,8,10H2,1H3. The second kappa shape index (κ2) is 6.41. The van der Waals surface area contributed by atoms with Crippen LogP contribution in [0.1, 0.15) is 31.7 Å². The topological polar surface area (TPSA) is 37.4 Å². The van der Waals surface area contributed by atoms with E-state index in [-0.39, 0.29) is 0 Å². The van der Waals surface area contributed by atoms with Gasteiger partial charge in [0.05, 0.1) is 19.3 Å². The molecule has 0 amide bonds. The third-order valence-corrected chi connectivity index (χ3v) is 4.47. The van der Waals surface area contributed by atoms with Crippen LogP contribution in [0.25, 0.3) is 0 Å². The molecule has 1 N–H and O–H groups in total. The van der Waals surface area contributed by atoms with E-state index in [0.29, 0.717) is 12.1 Å². The number of nitrogens with zero attached hydrogens (tertiary/aromatic N) is 2. The van der Waals surface area contributed by atoms with Gasteiger partial charge < -0.3 is 15.0 Å². The third-order valence-electron chi connectivity index (χ3n) is 4.04. The first-order valence-corrected chi connectivity index (χ1v) is 8.29. The van der Waals surface area contributed by atoms with Crippen molar-refractivity contribution >= 4 is 21.7 Å². The number of pyridine rings is 1. The average Bonchev–Trinajstić information content (AvgIpc) is 3.29. The Hall–Kier alpha value is -0.650. The maximum atomic E-state index is 5.60. The molecule has 0 spiro atoms. The summed E-state index contributed by atoms with van der Waals surface area (Å²) >= 11 is 3.54. The van der Waals surface area contributed by atoms with Gasteiger partial charge >= 0.3 is 0 Å². The second-order valence-electron chi connectivity index (χ2n) is 5.62. The fraction of sp³-hybridized carbons (Fsp3) is 0.667. The zero-order chi connectivity index (χ0) is 13.9. The number of morpholine rings is 1. The number of anilines is 1. The van der Waals surface area contributed by atoms with Crippen molar-refractivity contribution in [2.45, 2.75) is 44.8 Å². The van der Waals surface area contributed by atoms with Crippen molar-refractivity contribution in [3.05, 3.63) is 22.3 Å².